The van der Waals surface area contributed by atoms with Gasteiger partial charge in [-0.2, -0.15) is 0 Å². The molecular weight excluding hydrogens is 410 g/mol. The van der Waals surface area contributed by atoms with Crippen molar-refractivity contribution in [2.45, 2.75) is 13.0 Å². The van der Waals surface area contributed by atoms with Crippen LogP contribution in [0.1, 0.15) is 22.5 Å². The van der Waals surface area contributed by atoms with E-state index in [1.54, 1.807) is 0 Å². The number of aromatic amines is 2. The number of ether oxygens (including phenoxy) is 1. The molecule has 0 saturated heterocycles. The highest BCUT2D eigenvalue weighted by molar-refractivity contribution is 6.31. The van der Waals surface area contributed by atoms with Crippen molar-refractivity contribution in [1.29, 1.82) is 0 Å². The first-order valence-corrected chi connectivity index (χ1v) is 9.61. The highest BCUT2D eigenvalue weighted by Crippen LogP contribution is 2.21. The Morgan fingerprint density at radius 2 is 2.00 bits per heavy atom. The zero-order valence-electron chi connectivity index (χ0n) is 16.4. The van der Waals surface area contributed by atoms with Gasteiger partial charge in [-0.05, 0) is 18.1 Å². The lowest BCUT2D eigenvalue weighted by Gasteiger charge is -2.24. The summed E-state index contributed by atoms with van der Waals surface area (Å²) >= 11 is 5.92. The Kier molecular flexibility index (Phi) is 6.76. The third-order valence-electron chi connectivity index (χ3n) is 4.52. The van der Waals surface area contributed by atoms with Crippen molar-refractivity contribution in [2.75, 3.05) is 30.9 Å². The number of amides is 1. The molecule has 158 valence electrons. The molecule has 0 aliphatic carbocycles. The lowest BCUT2D eigenvalue weighted by atomic mass is 10.2. The van der Waals surface area contributed by atoms with E-state index >= 15 is 0 Å². The molecule has 0 radical (unpaired) electrons. The second-order valence-corrected chi connectivity index (χ2v) is 7.04. The van der Waals surface area contributed by atoms with Crippen LogP contribution in [-0.2, 0) is 11.3 Å². The Morgan fingerprint density at radius 3 is 2.63 bits per heavy atom. The minimum absolute atomic E-state index is 0.0997. The van der Waals surface area contributed by atoms with E-state index in [4.69, 9.17) is 22.1 Å². The number of halogens is 1. The molecule has 2 aromatic heterocycles. The number of benzene rings is 1. The molecule has 9 nitrogen and oxygen atoms in total. The molecule has 1 aromatic carbocycles. The molecule has 2 heterocycles. The molecule has 0 bridgehead atoms. The van der Waals surface area contributed by atoms with E-state index in [-0.39, 0.29) is 30.3 Å². The van der Waals surface area contributed by atoms with Crippen molar-refractivity contribution in [2.24, 2.45) is 0 Å². The number of carbonyl (C=O) groups excluding carboxylic acids is 1. The monoisotopic (exact) mass is 431 g/mol. The maximum absolute atomic E-state index is 13.1. The molecule has 0 aliphatic rings. The molecule has 0 atom stereocenters. The zero-order valence-corrected chi connectivity index (χ0v) is 17.1. The van der Waals surface area contributed by atoms with Crippen LogP contribution < -0.4 is 21.9 Å². The van der Waals surface area contributed by atoms with Crippen molar-refractivity contribution < 1.29 is 9.53 Å². The van der Waals surface area contributed by atoms with Crippen LogP contribution in [0, 0.1) is 0 Å². The number of aromatic nitrogens is 3. The number of carbonyl (C=O) groups is 1. The number of rotatable bonds is 8. The minimum Gasteiger partial charge on any atom is -0.385 e. The summed E-state index contributed by atoms with van der Waals surface area (Å²) in [5.41, 5.74) is 5.75. The number of H-pyrrole nitrogens is 2. The van der Waals surface area contributed by atoms with Crippen LogP contribution in [-0.4, -0.2) is 40.7 Å². The van der Waals surface area contributed by atoms with Gasteiger partial charge in [0.15, 0.2) is 5.69 Å². The topological polar surface area (TPSA) is 126 Å². The van der Waals surface area contributed by atoms with E-state index < -0.39 is 17.2 Å². The average Bonchev–Trinajstić information content (AvgIpc) is 3.16. The molecule has 30 heavy (non-hydrogen) atoms. The zero-order chi connectivity index (χ0) is 21.7. The van der Waals surface area contributed by atoms with Crippen LogP contribution in [0.2, 0.25) is 5.02 Å². The van der Waals surface area contributed by atoms with Gasteiger partial charge in [-0.3, -0.25) is 24.0 Å². The summed E-state index contributed by atoms with van der Waals surface area (Å²) in [7, 11) is 1.54. The quantitative estimate of drug-likeness (QED) is 0.469. The summed E-state index contributed by atoms with van der Waals surface area (Å²) in [6.07, 6.45) is 1.92. The van der Waals surface area contributed by atoms with Crippen LogP contribution in [0.25, 0.3) is 0 Å². The number of anilines is 2. The van der Waals surface area contributed by atoms with Gasteiger partial charge >= 0.3 is 5.69 Å². The van der Waals surface area contributed by atoms with Crippen molar-refractivity contribution in [3.05, 3.63) is 79.7 Å². The Bertz CT molecular complexity index is 1140. The predicted octanol–water partition coefficient (Wildman–Crippen LogP) is 1.83. The van der Waals surface area contributed by atoms with Crippen LogP contribution >= 0.6 is 11.6 Å². The van der Waals surface area contributed by atoms with E-state index in [1.165, 1.54) is 28.8 Å². The Balaban J connectivity index is 2.07. The molecule has 1 amide bonds. The summed E-state index contributed by atoms with van der Waals surface area (Å²) in [6.45, 7) is 0.667. The van der Waals surface area contributed by atoms with E-state index in [9.17, 15) is 14.4 Å². The van der Waals surface area contributed by atoms with Crippen molar-refractivity contribution >= 4 is 29.0 Å². The van der Waals surface area contributed by atoms with Crippen LogP contribution in [0.3, 0.4) is 0 Å². The number of nitrogens with zero attached hydrogens (tertiary/aromatic N) is 2. The second kappa shape index (κ2) is 9.47. The molecular formula is C20H22ClN5O4. The summed E-state index contributed by atoms with van der Waals surface area (Å²) in [5.74, 6) is -0.601. The lowest BCUT2D eigenvalue weighted by molar-refractivity contribution is 0.0979. The first-order valence-electron chi connectivity index (χ1n) is 9.23. The summed E-state index contributed by atoms with van der Waals surface area (Å²) < 4.78 is 6.29. The Morgan fingerprint density at radius 1 is 1.27 bits per heavy atom. The summed E-state index contributed by atoms with van der Waals surface area (Å²) in [5, 5.41) is 0.353. The maximum Gasteiger partial charge on any atom is 0.330 e. The SMILES string of the molecule is COCCCN(C(=O)c1cc(Cl)c[nH]1)c1c(N)n(Cc2ccccc2)c(=O)[nH]c1=O. The van der Waals surface area contributed by atoms with Gasteiger partial charge in [0.2, 0.25) is 0 Å². The van der Waals surface area contributed by atoms with E-state index in [0.29, 0.717) is 18.1 Å². The van der Waals surface area contributed by atoms with Crippen molar-refractivity contribution in [3.63, 3.8) is 0 Å². The number of hydrogen-bond donors (Lipinski definition) is 3. The molecule has 0 spiro atoms. The molecule has 10 heteroatoms. The molecule has 3 aromatic rings. The Labute approximate surface area is 177 Å². The summed E-state index contributed by atoms with van der Waals surface area (Å²) in [4.78, 5) is 44.5. The third kappa shape index (κ3) is 4.64. The number of nitrogens with two attached hydrogens (primary N) is 1. The van der Waals surface area contributed by atoms with Gasteiger partial charge < -0.3 is 15.5 Å². The average molecular weight is 432 g/mol. The normalized spacial score (nSPS) is 10.9. The highest BCUT2D eigenvalue weighted by Gasteiger charge is 2.26. The van der Waals surface area contributed by atoms with Gasteiger partial charge in [-0.25, -0.2) is 4.79 Å². The predicted molar refractivity (Wildman–Crippen MR) is 115 cm³/mol. The smallest absolute Gasteiger partial charge is 0.330 e. The van der Waals surface area contributed by atoms with Gasteiger partial charge in [0.25, 0.3) is 11.5 Å². The maximum atomic E-state index is 13.1. The van der Waals surface area contributed by atoms with Crippen LogP contribution in [0.5, 0.6) is 0 Å². The molecule has 4 N–H and O–H groups in total. The Hall–Kier alpha value is -3.30. The van der Waals surface area contributed by atoms with E-state index in [1.807, 2.05) is 30.3 Å². The van der Waals surface area contributed by atoms with Gasteiger partial charge in [0, 0.05) is 26.5 Å². The van der Waals surface area contributed by atoms with Crippen LogP contribution in [0.4, 0.5) is 11.5 Å². The fraction of sp³-hybridized carbons (Fsp3) is 0.250. The fourth-order valence-electron chi connectivity index (χ4n) is 3.08. The van der Waals surface area contributed by atoms with Crippen LogP contribution in [0.15, 0.2) is 52.2 Å². The van der Waals surface area contributed by atoms with Crippen molar-refractivity contribution in [1.82, 2.24) is 14.5 Å². The first-order chi connectivity index (χ1) is 14.4. The number of hydrogen-bond acceptors (Lipinski definition) is 5. The van der Waals surface area contributed by atoms with Crippen molar-refractivity contribution in [3.8, 4) is 0 Å². The number of methoxy groups -OCH3 is 1. The second-order valence-electron chi connectivity index (χ2n) is 6.60. The molecule has 0 fully saturated rings. The van der Waals surface area contributed by atoms with Gasteiger partial charge in [-0.1, -0.05) is 41.9 Å². The summed E-state index contributed by atoms with van der Waals surface area (Å²) in [6, 6.07) is 10.6. The molecule has 0 unspecified atom stereocenters. The molecule has 0 aliphatic heterocycles. The van der Waals surface area contributed by atoms with Gasteiger partial charge in [0.1, 0.15) is 11.5 Å². The number of nitrogen functional groups attached to an aromatic ring is 1. The highest BCUT2D eigenvalue weighted by atomic mass is 35.5. The number of nitrogens with one attached hydrogen (secondary N) is 2. The molecule has 0 saturated carbocycles. The lowest BCUT2D eigenvalue weighted by Crippen LogP contribution is -2.42. The van der Waals surface area contributed by atoms with E-state index in [0.717, 1.165) is 5.56 Å². The largest absolute Gasteiger partial charge is 0.385 e. The van der Waals surface area contributed by atoms with Gasteiger partial charge in [-0.15, -0.1) is 0 Å². The minimum atomic E-state index is -0.745. The van der Waals surface area contributed by atoms with E-state index in [2.05, 4.69) is 9.97 Å². The van der Waals surface area contributed by atoms with Gasteiger partial charge in [0.05, 0.1) is 11.6 Å². The first kappa shape index (κ1) is 21.4. The standard InChI is InChI=1S/C20H22ClN5O4/c1-30-9-5-8-25(19(28)15-10-14(21)11-23-15)16-17(22)26(20(29)24-18(16)27)12-13-6-3-2-4-7-13/h2-4,6-7,10-11,23H,5,8-9,12,22H2,1H3,(H,24,27,29). The third-order valence-corrected chi connectivity index (χ3v) is 4.74. The fourth-order valence-corrected chi connectivity index (χ4v) is 3.24. The molecule has 3 rings (SSSR count).